The van der Waals surface area contributed by atoms with E-state index in [-0.39, 0.29) is 10.8 Å². The molecule has 2 aliphatic carbocycles. The summed E-state index contributed by atoms with van der Waals surface area (Å²) >= 11 is 0. The number of benzene rings is 13. The van der Waals surface area contributed by atoms with Crippen molar-refractivity contribution in [2.24, 2.45) is 0 Å². The van der Waals surface area contributed by atoms with Crippen LogP contribution in [0.1, 0.15) is 49.9 Å². The van der Waals surface area contributed by atoms with Gasteiger partial charge in [0, 0.05) is 69.0 Å². The molecule has 0 spiro atoms. The van der Waals surface area contributed by atoms with Crippen molar-refractivity contribution < 1.29 is 0 Å². The molecule has 4 heterocycles. The summed E-state index contributed by atoms with van der Waals surface area (Å²) in [6, 6.07) is 121. The van der Waals surface area contributed by atoms with Crippen molar-refractivity contribution in [1.29, 1.82) is 0 Å². The minimum absolute atomic E-state index is 0.00267. The Hall–Kier alpha value is -13.4. The Morgan fingerprint density at radius 3 is 1.08 bits per heavy atom. The molecule has 6 heteroatoms. The van der Waals surface area contributed by atoms with Gasteiger partial charge in [0.2, 0.25) is 0 Å². The average Bonchev–Trinajstić information content (AvgIpc) is 1.57. The van der Waals surface area contributed by atoms with Crippen LogP contribution in [0.2, 0.25) is 0 Å². The lowest BCUT2D eigenvalue weighted by molar-refractivity contribution is 0.660. The molecule has 17 aromatic rings. The molecule has 0 aliphatic heterocycles. The average molecular weight is 1360 g/mol. The second-order valence-electron chi connectivity index (χ2n) is 28.6. The van der Waals surface area contributed by atoms with Crippen LogP contribution in [-0.2, 0) is 10.8 Å². The van der Waals surface area contributed by atoms with Crippen LogP contribution in [0.15, 0.2) is 365 Å². The Morgan fingerprint density at radius 2 is 0.575 bits per heavy atom. The molecule has 0 amide bonds. The first-order valence-corrected chi connectivity index (χ1v) is 36.3. The Labute approximate surface area is 618 Å². The fraction of sp³-hybridized carbons (Fsp3) is 0.0600. The SMILES string of the molecule is CC1(C)c2cc(-c3cccc(-c4cccc(-c5cc(-c6ccc(-c7cccnc7)cc6)nc(-c6ccccc6)n5)c4)c3)ccc2-c2ccc3ccccc3c21.CC1(C)c2ccccc2-c2cc(-c3cccc(-c4cccc(-c5cc(-c6ccc(-c7cccnc7)cc6)nc(-c6ccccc6)n5)c4)c3)ccc21. The number of pyridine rings is 2. The van der Waals surface area contributed by atoms with Gasteiger partial charge in [-0.3, -0.25) is 9.97 Å². The third kappa shape index (κ3) is 12.3. The summed E-state index contributed by atoms with van der Waals surface area (Å²) in [6.07, 6.45) is 7.37. The van der Waals surface area contributed by atoms with Crippen LogP contribution in [0, 0.1) is 0 Å². The zero-order valence-corrected chi connectivity index (χ0v) is 59.3. The number of nitrogens with zero attached hydrogens (tertiary/aromatic N) is 6. The number of aromatic nitrogens is 6. The molecule has 19 rings (SSSR count). The minimum Gasteiger partial charge on any atom is -0.264 e. The van der Waals surface area contributed by atoms with Crippen LogP contribution in [-0.4, -0.2) is 29.9 Å². The Kier molecular flexibility index (Phi) is 16.5. The topological polar surface area (TPSA) is 77.3 Å². The third-order valence-corrected chi connectivity index (χ3v) is 21.4. The summed E-state index contributed by atoms with van der Waals surface area (Å²) in [4.78, 5) is 28.9. The number of fused-ring (bicyclic) bond motifs is 8. The molecular weight excluding hydrogens is 1290 g/mol. The fourth-order valence-electron chi connectivity index (χ4n) is 15.8. The summed E-state index contributed by atoms with van der Waals surface area (Å²) in [6.45, 7) is 9.39. The lowest BCUT2D eigenvalue weighted by Gasteiger charge is -2.23. The molecule has 0 atom stereocenters. The van der Waals surface area contributed by atoms with E-state index in [0.717, 1.165) is 95.1 Å². The fourth-order valence-corrected chi connectivity index (χ4v) is 15.8. The van der Waals surface area contributed by atoms with Crippen LogP contribution in [0.4, 0.5) is 0 Å². The van der Waals surface area contributed by atoms with Gasteiger partial charge < -0.3 is 0 Å². The smallest absolute Gasteiger partial charge is 0.160 e. The lowest BCUT2D eigenvalue weighted by atomic mass is 9.79. The zero-order chi connectivity index (χ0) is 71.3. The highest BCUT2D eigenvalue weighted by atomic mass is 14.9. The van der Waals surface area contributed by atoms with Gasteiger partial charge in [-0.15, -0.1) is 0 Å². The van der Waals surface area contributed by atoms with E-state index in [1.807, 2.05) is 60.9 Å². The Balaban J connectivity index is 0.000000151. The van der Waals surface area contributed by atoms with E-state index in [2.05, 4.69) is 329 Å². The molecule has 0 N–H and O–H groups in total. The summed E-state index contributed by atoms with van der Waals surface area (Å²) in [5.41, 5.74) is 34.4. The standard InChI is InChI=1S/C52H37N3.C48H35N3/c1-52(2)47-31-41(25-26-45(47)46-27-24-35-11-6-7-19-44(35)50(46)52)39-15-8-14-38(29-39)40-16-9-17-42(30-40)49-32-48(54-51(55-49)37-12-4-3-5-13-37)36-22-20-34(21-23-36)43-18-10-28-53-33-43;1-48(2)43-19-7-6-18-41(43)42-29-38(24-25-44(42)48)36-14-8-13-35(27-36)37-15-9-16-39(28-37)46-30-45(50-47(51-46)34-11-4-3-5-12-34)33-22-20-32(21-23-33)40-17-10-26-49-31-40/h3-33H,1-2H3;3-31H,1-2H3. The molecule has 502 valence electrons. The molecule has 106 heavy (non-hydrogen) atoms. The molecule has 6 nitrogen and oxygen atoms in total. The van der Waals surface area contributed by atoms with Crippen LogP contribution >= 0.6 is 0 Å². The van der Waals surface area contributed by atoms with Gasteiger partial charge in [0.15, 0.2) is 11.6 Å². The highest BCUT2D eigenvalue weighted by Crippen LogP contribution is 2.53. The molecule has 0 saturated heterocycles. The maximum absolute atomic E-state index is 5.13. The van der Waals surface area contributed by atoms with E-state index in [4.69, 9.17) is 19.9 Å². The number of rotatable bonds is 12. The zero-order valence-electron chi connectivity index (χ0n) is 59.3. The monoisotopic (exact) mass is 1360 g/mol. The molecule has 2 aliphatic rings. The highest BCUT2D eigenvalue weighted by Gasteiger charge is 2.38. The van der Waals surface area contributed by atoms with E-state index in [1.165, 1.54) is 83.1 Å². The predicted molar refractivity (Wildman–Crippen MR) is 438 cm³/mol. The first-order valence-electron chi connectivity index (χ1n) is 36.3. The van der Waals surface area contributed by atoms with E-state index in [9.17, 15) is 0 Å². The summed E-state index contributed by atoms with van der Waals surface area (Å²) in [5, 5.41) is 2.64. The van der Waals surface area contributed by atoms with Crippen molar-refractivity contribution in [2.45, 2.75) is 38.5 Å². The second-order valence-corrected chi connectivity index (χ2v) is 28.6. The summed E-state index contributed by atoms with van der Waals surface area (Å²) in [5.74, 6) is 1.40. The van der Waals surface area contributed by atoms with Crippen LogP contribution < -0.4 is 0 Å². The molecular formula is C100H72N6. The quantitative estimate of drug-likeness (QED) is 0.121. The molecule has 0 saturated carbocycles. The van der Waals surface area contributed by atoms with Crippen molar-refractivity contribution in [3.05, 3.63) is 387 Å². The molecule has 0 bridgehead atoms. The van der Waals surface area contributed by atoms with Gasteiger partial charge in [0.25, 0.3) is 0 Å². The predicted octanol–water partition coefficient (Wildman–Crippen LogP) is 25.5. The minimum atomic E-state index is -0.107. The van der Waals surface area contributed by atoms with Crippen molar-refractivity contribution >= 4 is 10.8 Å². The van der Waals surface area contributed by atoms with Crippen molar-refractivity contribution in [1.82, 2.24) is 29.9 Å². The van der Waals surface area contributed by atoms with Crippen LogP contribution in [0.3, 0.4) is 0 Å². The van der Waals surface area contributed by atoms with E-state index < -0.39 is 0 Å². The van der Waals surface area contributed by atoms with Gasteiger partial charge in [-0.2, -0.15) is 0 Å². The molecule has 0 radical (unpaired) electrons. The summed E-state index contributed by atoms with van der Waals surface area (Å²) < 4.78 is 0. The van der Waals surface area contributed by atoms with Gasteiger partial charge in [0.1, 0.15) is 0 Å². The van der Waals surface area contributed by atoms with E-state index in [1.54, 1.807) is 12.4 Å². The van der Waals surface area contributed by atoms with Crippen molar-refractivity contribution in [2.75, 3.05) is 0 Å². The van der Waals surface area contributed by atoms with Crippen LogP contribution in [0.25, 0.3) is 168 Å². The van der Waals surface area contributed by atoms with Crippen LogP contribution in [0.5, 0.6) is 0 Å². The lowest BCUT2D eigenvalue weighted by Crippen LogP contribution is -2.15. The van der Waals surface area contributed by atoms with E-state index in [0.29, 0.717) is 11.6 Å². The molecule has 0 unspecified atom stereocenters. The van der Waals surface area contributed by atoms with Gasteiger partial charge in [-0.25, -0.2) is 19.9 Å². The maximum Gasteiger partial charge on any atom is 0.160 e. The van der Waals surface area contributed by atoms with Gasteiger partial charge >= 0.3 is 0 Å². The summed E-state index contributed by atoms with van der Waals surface area (Å²) in [7, 11) is 0. The Bertz CT molecular complexity index is 6170. The molecule has 0 fully saturated rings. The van der Waals surface area contributed by atoms with Crippen molar-refractivity contribution in [3.63, 3.8) is 0 Å². The highest BCUT2D eigenvalue weighted by molar-refractivity contribution is 5.98. The van der Waals surface area contributed by atoms with Gasteiger partial charge in [-0.1, -0.05) is 307 Å². The second kappa shape index (κ2) is 27.1. The first-order chi connectivity index (χ1) is 52.0. The third-order valence-electron chi connectivity index (χ3n) is 21.4. The number of hydrogen-bond acceptors (Lipinski definition) is 6. The normalized spacial score (nSPS) is 12.7. The van der Waals surface area contributed by atoms with Crippen molar-refractivity contribution in [3.8, 4) is 157 Å². The van der Waals surface area contributed by atoms with E-state index >= 15 is 0 Å². The molecule has 13 aromatic carbocycles. The maximum atomic E-state index is 5.13. The number of hydrogen-bond donors (Lipinski definition) is 0. The molecule has 4 aromatic heterocycles. The largest absolute Gasteiger partial charge is 0.264 e. The van der Waals surface area contributed by atoms with Gasteiger partial charge in [-0.05, 0) is 183 Å². The first kappa shape index (κ1) is 64.7. The van der Waals surface area contributed by atoms with Gasteiger partial charge in [0.05, 0.1) is 22.8 Å². The Morgan fingerprint density at radius 1 is 0.208 bits per heavy atom.